The van der Waals surface area contributed by atoms with E-state index in [0.717, 1.165) is 29.0 Å². The molecule has 0 fully saturated rings. The van der Waals surface area contributed by atoms with Crippen LogP contribution in [0.3, 0.4) is 0 Å². The monoisotopic (exact) mass is 290 g/mol. The van der Waals surface area contributed by atoms with Crippen molar-refractivity contribution in [1.29, 1.82) is 0 Å². The van der Waals surface area contributed by atoms with Gasteiger partial charge < -0.3 is 14.2 Å². The molecule has 2 atom stereocenters. The molecule has 1 heterocycles. The fraction of sp³-hybridized carbons (Fsp3) is 0.471. The van der Waals surface area contributed by atoms with Crippen LogP contribution in [-0.4, -0.2) is 19.7 Å². The van der Waals surface area contributed by atoms with Gasteiger partial charge in [0, 0.05) is 12.0 Å². The highest BCUT2D eigenvalue weighted by molar-refractivity contribution is 5.73. The van der Waals surface area contributed by atoms with Gasteiger partial charge >= 0.3 is 5.97 Å². The second kappa shape index (κ2) is 6.20. The van der Waals surface area contributed by atoms with Gasteiger partial charge in [-0.05, 0) is 37.5 Å². The second-order valence-electron chi connectivity index (χ2n) is 5.34. The maximum absolute atomic E-state index is 11.9. The summed E-state index contributed by atoms with van der Waals surface area (Å²) in [6, 6.07) is 3.83. The smallest absolute Gasteiger partial charge is 0.309 e. The van der Waals surface area contributed by atoms with Crippen LogP contribution < -0.4 is 9.47 Å². The molecule has 0 bridgehead atoms. The molecule has 0 unspecified atom stereocenters. The Hall–Kier alpha value is -1.97. The summed E-state index contributed by atoms with van der Waals surface area (Å²) in [6.45, 7) is 10.0. The van der Waals surface area contributed by atoms with E-state index < -0.39 is 0 Å². The summed E-state index contributed by atoms with van der Waals surface area (Å²) in [4.78, 5) is 11.9. The largest absolute Gasteiger partial charge is 0.497 e. The molecular formula is C17H22O4. The van der Waals surface area contributed by atoms with E-state index in [0.29, 0.717) is 12.4 Å². The zero-order valence-corrected chi connectivity index (χ0v) is 13.1. The molecule has 0 spiro atoms. The van der Waals surface area contributed by atoms with Gasteiger partial charge in [-0.15, -0.1) is 0 Å². The molecule has 114 valence electrons. The number of fused-ring (bicyclic) bond motifs is 1. The van der Waals surface area contributed by atoms with Gasteiger partial charge in [0.15, 0.2) is 0 Å². The van der Waals surface area contributed by atoms with E-state index in [4.69, 9.17) is 14.2 Å². The Morgan fingerprint density at radius 3 is 2.86 bits per heavy atom. The van der Waals surface area contributed by atoms with Gasteiger partial charge in [0.2, 0.25) is 0 Å². The summed E-state index contributed by atoms with van der Waals surface area (Å²) in [5.41, 5.74) is 2.20. The van der Waals surface area contributed by atoms with Crippen LogP contribution in [0.1, 0.15) is 25.0 Å². The van der Waals surface area contributed by atoms with Crippen LogP contribution in [0.15, 0.2) is 24.5 Å². The first kappa shape index (κ1) is 15.4. The number of esters is 1. The molecule has 0 saturated heterocycles. The van der Waals surface area contributed by atoms with E-state index in [1.165, 1.54) is 0 Å². The fourth-order valence-electron chi connectivity index (χ4n) is 2.67. The van der Waals surface area contributed by atoms with Crippen LogP contribution in [0, 0.1) is 18.8 Å². The molecule has 0 amide bonds. The minimum absolute atomic E-state index is 0.0661. The Bertz CT molecular complexity index is 562. The first-order valence-corrected chi connectivity index (χ1v) is 7.18. The van der Waals surface area contributed by atoms with Crippen molar-refractivity contribution in [3.05, 3.63) is 35.6 Å². The van der Waals surface area contributed by atoms with Crippen LogP contribution >= 0.6 is 0 Å². The Kier molecular flexibility index (Phi) is 4.56. The van der Waals surface area contributed by atoms with E-state index in [1.54, 1.807) is 7.11 Å². The molecule has 21 heavy (non-hydrogen) atoms. The van der Waals surface area contributed by atoms with Crippen molar-refractivity contribution in [3.8, 4) is 11.5 Å². The molecule has 0 aromatic heterocycles. The zero-order chi connectivity index (χ0) is 15.6. The van der Waals surface area contributed by atoms with Gasteiger partial charge in [-0.25, -0.2) is 0 Å². The van der Waals surface area contributed by atoms with Gasteiger partial charge in [0.1, 0.15) is 17.3 Å². The third-order valence-corrected chi connectivity index (χ3v) is 3.98. The quantitative estimate of drug-likeness (QED) is 0.798. The molecule has 2 rings (SSSR count). The third kappa shape index (κ3) is 3.04. The Balaban J connectivity index is 2.28. The predicted molar refractivity (Wildman–Crippen MR) is 80.5 cm³/mol. The fourth-order valence-corrected chi connectivity index (χ4v) is 2.67. The number of carbonyl (C=O) groups excluding carboxylic acids is 1. The molecule has 1 aliphatic rings. The summed E-state index contributed by atoms with van der Waals surface area (Å²) in [5, 5.41) is 0. The first-order chi connectivity index (χ1) is 9.97. The number of allylic oxidation sites excluding steroid dienone is 1. The summed E-state index contributed by atoms with van der Waals surface area (Å²) < 4.78 is 16.2. The minimum Gasteiger partial charge on any atom is -0.497 e. The normalized spacial score (nSPS) is 18.5. The van der Waals surface area contributed by atoms with Crippen molar-refractivity contribution in [2.24, 2.45) is 11.8 Å². The van der Waals surface area contributed by atoms with Crippen LogP contribution in [0.5, 0.6) is 11.5 Å². The van der Waals surface area contributed by atoms with Crippen molar-refractivity contribution in [1.82, 2.24) is 0 Å². The maximum atomic E-state index is 11.9. The number of hydrogen-bond donors (Lipinski definition) is 0. The van der Waals surface area contributed by atoms with Crippen molar-refractivity contribution in [2.45, 2.75) is 27.2 Å². The number of benzene rings is 1. The Morgan fingerprint density at radius 2 is 2.24 bits per heavy atom. The number of methoxy groups -OCH3 is 1. The molecule has 0 N–H and O–H groups in total. The lowest BCUT2D eigenvalue weighted by Crippen LogP contribution is -2.30. The third-order valence-electron chi connectivity index (χ3n) is 3.98. The zero-order valence-electron chi connectivity index (χ0n) is 13.1. The van der Waals surface area contributed by atoms with E-state index in [9.17, 15) is 4.79 Å². The molecule has 1 aromatic rings. The highest BCUT2D eigenvalue weighted by Gasteiger charge is 2.34. The van der Waals surface area contributed by atoms with E-state index in [1.807, 2.05) is 32.9 Å². The van der Waals surface area contributed by atoms with Crippen molar-refractivity contribution >= 4 is 5.97 Å². The number of carbonyl (C=O) groups is 1. The number of hydrogen-bond acceptors (Lipinski definition) is 4. The van der Waals surface area contributed by atoms with Crippen LogP contribution in [-0.2, 0) is 16.0 Å². The molecular weight excluding hydrogens is 268 g/mol. The first-order valence-electron chi connectivity index (χ1n) is 7.18. The van der Waals surface area contributed by atoms with Gasteiger partial charge in [-0.3, -0.25) is 4.79 Å². The predicted octanol–water partition coefficient (Wildman–Crippen LogP) is 3.27. The Morgan fingerprint density at radius 1 is 1.52 bits per heavy atom. The van der Waals surface area contributed by atoms with Crippen molar-refractivity contribution in [2.75, 3.05) is 13.7 Å². The summed E-state index contributed by atoms with van der Waals surface area (Å²) >= 11 is 0. The lowest BCUT2D eigenvalue weighted by atomic mass is 9.83. The van der Waals surface area contributed by atoms with Gasteiger partial charge in [-0.2, -0.15) is 0 Å². The lowest BCUT2D eigenvalue weighted by molar-refractivity contribution is -0.149. The van der Waals surface area contributed by atoms with Crippen molar-refractivity contribution < 1.29 is 19.0 Å². The van der Waals surface area contributed by atoms with Gasteiger partial charge in [0.25, 0.3) is 0 Å². The molecule has 1 aromatic carbocycles. The van der Waals surface area contributed by atoms with Crippen LogP contribution in [0.25, 0.3) is 0 Å². The van der Waals surface area contributed by atoms with Crippen molar-refractivity contribution in [3.63, 3.8) is 0 Å². The Labute approximate surface area is 125 Å². The molecule has 0 radical (unpaired) electrons. The molecule has 0 aliphatic carbocycles. The average molecular weight is 290 g/mol. The molecule has 1 aliphatic heterocycles. The number of rotatable bonds is 4. The SMILES string of the molecule is C=C1Oc2cc(OC)cc(C)c2C[C@@H]1[C@H](C)C(=O)OCC. The highest BCUT2D eigenvalue weighted by atomic mass is 16.5. The van der Waals surface area contributed by atoms with Gasteiger partial charge in [-0.1, -0.05) is 13.5 Å². The standard InChI is InChI=1S/C17H22O4/c1-6-20-17(18)11(3)15-9-14-10(2)7-13(19-5)8-16(14)21-12(15)4/h7-8,11,15H,4,6,9H2,1-3,5H3/t11-,15+/m0/s1. The molecule has 4 nitrogen and oxygen atoms in total. The highest BCUT2D eigenvalue weighted by Crippen LogP contribution is 2.40. The summed E-state index contributed by atoms with van der Waals surface area (Å²) in [6.07, 6.45) is 0.726. The summed E-state index contributed by atoms with van der Waals surface area (Å²) in [7, 11) is 1.63. The maximum Gasteiger partial charge on any atom is 0.309 e. The average Bonchev–Trinajstić information content (AvgIpc) is 2.45. The topological polar surface area (TPSA) is 44.8 Å². The summed E-state index contributed by atoms with van der Waals surface area (Å²) in [5.74, 6) is 1.59. The molecule has 4 heteroatoms. The molecule has 0 saturated carbocycles. The number of aryl methyl sites for hydroxylation is 1. The van der Waals surface area contributed by atoms with E-state index >= 15 is 0 Å². The van der Waals surface area contributed by atoms with Gasteiger partial charge in [0.05, 0.1) is 19.6 Å². The van der Waals surface area contributed by atoms with E-state index in [-0.39, 0.29) is 17.8 Å². The minimum atomic E-state index is -0.271. The van der Waals surface area contributed by atoms with E-state index in [2.05, 4.69) is 6.58 Å². The lowest BCUT2D eigenvalue weighted by Gasteiger charge is -2.31. The van der Waals surface area contributed by atoms with Crippen LogP contribution in [0.2, 0.25) is 0 Å². The van der Waals surface area contributed by atoms with Crippen LogP contribution in [0.4, 0.5) is 0 Å². The second-order valence-corrected chi connectivity index (χ2v) is 5.34. The number of ether oxygens (including phenoxy) is 3.